The molecule has 0 radical (unpaired) electrons. The molecule has 1 saturated carbocycles. The molecule has 1 aliphatic heterocycles. The van der Waals surface area contributed by atoms with Crippen molar-refractivity contribution < 1.29 is 32.2 Å². The third-order valence-corrected chi connectivity index (χ3v) is 7.53. The Morgan fingerprint density at radius 2 is 2.12 bits per heavy atom. The summed E-state index contributed by atoms with van der Waals surface area (Å²) in [5, 5.41) is 0. The molecule has 0 N–H and O–H groups in total. The molecule has 0 amide bonds. The predicted molar refractivity (Wildman–Crippen MR) is 96.8 cm³/mol. The lowest BCUT2D eigenvalue weighted by Gasteiger charge is -2.40. The number of carbonyl (C=O) groups is 2. The molecule has 1 heterocycles. The number of fused-ring (bicyclic) bond motifs is 2. The summed E-state index contributed by atoms with van der Waals surface area (Å²) < 4.78 is 49.4. The van der Waals surface area contributed by atoms with Gasteiger partial charge in [-0.05, 0) is 37.9 Å². The molecule has 1 aliphatic carbocycles. The van der Waals surface area contributed by atoms with Gasteiger partial charge in [0.15, 0.2) is 0 Å². The van der Waals surface area contributed by atoms with E-state index < -0.39 is 35.1 Å². The van der Waals surface area contributed by atoms with E-state index in [0.717, 1.165) is 6.42 Å². The van der Waals surface area contributed by atoms with Crippen LogP contribution in [0.3, 0.4) is 0 Å². The molecule has 2 fully saturated rings. The zero-order valence-corrected chi connectivity index (χ0v) is 17.0. The van der Waals surface area contributed by atoms with Gasteiger partial charge in [-0.15, -0.1) is 11.8 Å². The van der Waals surface area contributed by atoms with Crippen LogP contribution in [0.5, 0.6) is 0 Å². The topological polar surface area (TPSA) is 52.6 Å². The van der Waals surface area contributed by atoms with Gasteiger partial charge in [0.1, 0.15) is 6.10 Å². The highest BCUT2D eigenvalue weighted by Gasteiger charge is 2.52. The number of hydrogen-bond acceptors (Lipinski definition) is 5. The smallest absolute Gasteiger partial charge is 0.312 e. The summed E-state index contributed by atoms with van der Waals surface area (Å²) in [6, 6.07) is 0. The second kappa shape index (κ2) is 8.26. The number of esters is 2. The average Bonchev–Trinajstić information content (AvgIpc) is 2.71. The maximum atomic E-state index is 13.9. The van der Waals surface area contributed by atoms with E-state index in [1.54, 1.807) is 0 Å². The van der Waals surface area contributed by atoms with Crippen LogP contribution in [0.4, 0.5) is 13.2 Å². The van der Waals surface area contributed by atoms with Crippen LogP contribution in [0.25, 0.3) is 0 Å². The van der Waals surface area contributed by atoms with E-state index >= 15 is 0 Å². The van der Waals surface area contributed by atoms with Crippen molar-refractivity contribution in [1.29, 1.82) is 0 Å². The first-order valence-corrected chi connectivity index (χ1v) is 10.6. The zero-order chi connectivity index (χ0) is 19.6. The summed E-state index contributed by atoms with van der Waals surface area (Å²) in [6.07, 6.45) is 3.15. The van der Waals surface area contributed by atoms with E-state index in [-0.39, 0.29) is 18.0 Å². The number of ether oxygens (including phenoxy) is 2. The molecule has 0 aromatic heterocycles. The van der Waals surface area contributed by atoms with Gasteiger partial charge >= 0.3 is 11.9 Å². The minimum Gasteiger partial charge on any atom is -0.465 e. The molecule has 5 unspecified atom stereocenters. The average molecular weight is 414 g/mol. The Morgan fingerprint density at radius 1 is 1.42 bits per heavy atom. The van der Waals surface area contributed by atoms with E-state index in [2.05, 4.69) is 0 Å². The second-order valence-electron chi connectivity index (χ2n) is 7.23. The molecule has 0 aromatic rings. The van der Waals surface area contributed by atoms with Crippen LogP contribution < -0.4 is 0 Å². The van der Waals surface area contributed by atoms with E-state index in [1.807, 2.05) is 6.92 Å². The number of thioether (sulfide) groups is 1. The van der Waals surface area contributed by atoms with Gasteiger partial charge in [0.05, 0.1) is 18.4 Å². The van der Waals surface area contributed by atoms with Gasteiger partial charge < -0.3 is 9.47 Å². The molecule has 2 aliphatic rings. The molecule has 4 nitrogen and oxygen atoms in total. The fraction of sp³-hybridized carbons (Fsp3) is 0.882. The highest BCUT2D eigenvalue weighted by molar-refractivity contribution is 8.03. The summed E-state index contributed by atoms with van der Waals surface area (Å²) in [7, 11) is 1.51. The number of hydrogen-bond donors (Lipinski definition) is 0. The first-order chi connectivity index (χ1) is 12.0. The van der Waals surface area contributed by atoms with Gasteiger partial charge in [-0.1, -0.05) is 16.2 Å². The van der Waals surface area contributed by atoms with E-state index in [0.29, 0.717) is 43.9 Å². The van der Waals surface area contributed by atoms with Crippen molar-refractivity contribution in [3.8, 4) is 0 Å². The molecule has 0 aromatic carbocycles. The Bertz CT molecular complexity index is 546. The number of halogens is 3. The summed E-state index contributed by atoms with van der Waals surface area (Å²) in [6.45, 7) is 1.29. The van der Waals surface area contributed by atoms with Crippen LogP contribution in [0.2, 0.25) is 0 Å². The SMILES string of the molecule is CCC1(C(=O)OCCC(F)(F)C(F)(P)SC)CC2CCC(=O)OC(C2)C1. The first kappa shape index (κ1) is 21.8. The third-order valence-electron chi connectivity index (χ3n) is 5.50. The normalized spacial score (nSPS) is 31.5. The van der Waals surface area contributed by atoms with Gasteiger partial charge in [0.2, 0.25) is 4.74 Å². The van der Waals surface area contributed by atoms with Crippen LogP contribution in [0.15, 0.2) is 0 Å². The van der Waals surface area contributed by atoms with Crippen molar-refractivity contribution in [2.24, 2.45) is 11.3 Å². The number of alkyl halides is 3. The highest BCUT2D eigenvalue weighted by atomic mass is 32.2. The lowest BCUT2D eigenvalue weighted by molar-refractivity contribution is -0.169. The van der Waals surface area contributed by atoms with Crippen LogP contribution >= 0.6 is 21.0 Å². The van der Waals surface area contributed by atoms with Crippen molar-refractivity contribution in [3.05, 3.63) is 0 Å². The Balaban J connectivity index is 1.99. The Morgan fingerprint density at radius 3 is 2.73 bits per heavy atom. The quantitative estimate of drug-likeness (QED) is 0.459. The molecule has 5 atom stereocenters. The van der Waals surface area contributed by atoms with E-state index in [1.165, 1.54) is 15.5 Å². The van der Waals surface area contributed by atoms with Crippen LogP contribution in [0.1, 0.15) is 51.9 Å². The van der Waals surface area contributed by atoms with Gasteiger partial charge in [-0.3, -0.25) is 9.59 Å². The minimum atomic E-state index is -3.63. The van der Waals surface area contributed by atoms with Gasteiger partial charge in [0.25, 0.3) is 5.92 Å². The fourth-order valence-electron chi connectivity index (χ4n) is 3.83. The number of rotatable bonds is 7. The Labute approximate surface area is 158 Å². The fourth-order valence-corrected chi connectivity index (χ4v) is 4.38. The molecule has 0 spiro atoms. The molecule has 26 heavy (non-hydrogen) atoms. The number of carbonyl (C=O) groups excluding carboxylic acids is 2. The Hall–Kier alpha value is -0.490. The van der Waals surface area contributed by atoms with Gasteiger partial charge in [0, 0.05) is 12.8 Å². The van der Waals surface area contributed by atoms with Gasteiger partial charge in [-0.25, -0.2) is 13.2 Å². The van der Waals surface area contributed by atoms with Crippen LogP contribution in [0, 0.1) is 11.3 Å². The summed E-state index contributed by atoms with van der Waals surface area (Å²) in [4.78, 5) is 24.3. The van der Waals surface area contributed by atoms with Crippen molar-refractivity contribution >= 4 is 32.9 Å². The lowest BCUT2D eigenvalue weighted by atomic mass is 9.66. The van der Waals surface area contributed by atoms with Crippen LogP contribution in [-0.2, 0) is 19.1 Å². The van der Waals surface area contributed by atoms with Gasteiger partial charge in [-0.2, -0.15) is 0 Å². The van der Waals surface area contributed by atoms with Crippen molar-refractivity contribution in [3.63, 3.8) is 0 Å². The largest absolute Gasteiger partial charge is 0.465 e. The van der Waals surface area contributed by atoms with Crippen molar-refractivity contribution in [2.45, 2.75) is 68.6 Å². The zero-order valence-electron chi connectivity index (χ0n) is 15.1. The summed E-state index contributed by atoms with van der Waals surface area (Å²) in [5.41, 5.74) is -0.833. The molecule has 9 heteroatoms. The molecular formula is C17H26F3O4PS. The molecule has 2 bridgehead atoms. The molecule has 1 saturated heterocycles. The maximum Gasteiger partial charge on any atom is 0.312 e. The Kier molecular flexibility index (Phi) is 6.92. The second-order valence-corrected chi connectivity index (χ2v) is 9.45. The summed E-state index contributed by atoms with van der Waals surface area (Å²) >= 11 is 0.396. The monoisotopic (exact) mass is 414 g/mol. The third kappa shape index (κ3) is 4.67. The minimum absolute atomic E-state index is 0.177. The summed E-state index contributed by atoms with van der Waals surface area (Å²) in [5.74, 6) is -4.27. The standard InChI is InChI=1S/C17H26F3O4PS/c1-3-15(9-11-4-5-13(21)24-12(8-11)10-15)14(22)23-7-6-16(18,19)17(20,25)26-2/h11-12H,3-10,25H2,1-2H3. The molecule has 2 rings (SSSR count). The first-order valence-electron chi connectivity index (χ1n) is 8.82. The maximum absolute atomic E-state index is 13.9. The van der Waals surface area contributed by atoms with Crippen molar-refractivity contribution in [2.75, 3.05) is 12.9 Å². The van der Waals surface area contributed by atoms with Crippen molar-refractivity contribution in [1.82, 2.24) is 0 Å². The molecule has 150 valence electrons. The van der Waals surface area contributed by atoms with Crippen LogP contribution in [-0.4, -0.2) is 41.6 Å². The lowest BCUT2D eigenvalue weighted by Crippen LogP contribution is -2.43. The van der Waals surface area contributed by atoms with E-state index in [4.69, 9.17) is 9.47 Å². The molecular weight excluding hydrogens is 388 g/mol. The van der Waals surface area contributed by atoms with E-state index in [9.17, 15) is 22.8 Å². The predicted octanol–water partition coefficient (Wildman–Crippen LogP) is 4.32. The highest BCUT2D eigenvalue weighted by Crippen LogP contribution is 2.49.